The van der Waals surface area contributed by atoms with Crippen LogP contribution >= 0.6 is 15.9 Å². The lowest BCUT2D eigenvalue weighted by Gasteiger charge is -2.36. The Morgan fingerprint density at radius 1 is 0.976 bits per heavy atom. The van der Waals surface area contributed by atoms with Crippen molar-refractivity contribution >= 4 is 27.7 Å². The quantitative estimate of drug-likeness (QED) is 0.194. The molecule has 0 bridgehead atoms. The normalized spacial score (nSPS) is 14.1. The van der Waals surface area contributed by atoms with Crippen LogP contribution in [-0.2, 0) is 28.0 Å². The molecule has 4 rings (SSSR count). The fourth-order valence-electron chi connectivity index (χ4n) is 5.72. The smallest absolute Gasteiger partial charge is 0.254 e. The second-order valence-corrected chi connectivity index (χ2v) is 13.4. The maximum atomic E-state index is 14.1. The summed E-state index contributed by atoms with van der Waals surface area (Å²) in [6.45, 7) is 8.84. The molecule has 6 nitrogen and oxygen atoms in total. The van der Waals surface area contributed by atoms with Crippen molar-refractivity contribution in [1.82, 2.24) is 14.4 Å². The van der Waals surface area contributed by atoms with Gasteiger partial charge in [0.05, 0.1) is 6.54 Å². The zero-order valence-corrected chi connectivity index (χ0v) is 27.2. The van der Waals surface area contributed by atoms with Crippen LogP contribution in [-0.4, -0.2) is 59.0 Å². The average Bonchev–Trinajstić information content (AvgIpc) is 3.42. The van der Waals surface area contributed by atoms with Gasteiger partial charge >= 0.3 is 0 Å². The van der Waals surface area contributed by atoms with Crippen molar-refractivity contribution in [3.8, 4) is 0 Å². The third-order valence-electron chi connectivity index (χ3n) is 8.25. The van der Waals surface area contributed by atoms with Gasteiger partial charge in [-0.2, -0.15) is 0 Å². The highest BCUT2D eigenvalue weighted by Gasteiger charge is 2.29. The number of methoxy groups -OCH3 is 1. The van der Waals surface area contributed by atoms with E-state index in [0.29, 0.717) is 31.7 Å². The Labute approximate surface area is 260 Å². The Morgan fingerprint density at radius 3 is 2.31 bits per heavy atom. The molecule has 1 fully saturated rings. The molecule has 0 atom stereocenters. The van der Waals surface area contributed by atoms with Crippen LogP contribution < -0.4 is 0 Å². The summed E-state index contributed by atoms with van der Waals surface area (Å²) in [4.78, 5) is 31.6. The molecule has 0 spiro atoms. The van der Waals surface area contributed by atoms with Gasteiger partial charge in [0, 0.05) is 54.8 Å². The topological polar surface area (TPSA) is 54.8 Å². The van der Waals surface area contributed by atoms with E-state index in [-0.39, 0.29) is 29.8 Å². The van der Waals surface area contributed by atoms with E-state index < -0.39 is 0 Å². The fourth-order valence-corrected chi connectivity index (χ4v) is 5.99. The van der Waals surface area contributed by atoms with Crippen molar-refractivity contribution in [2.45, 2.75) is 83.8 Å². The van der Waals surface area contributed by atoms with Gasteiger partial charge in [-0.05, 0) is 72.2 Å². The Kier molecular flexibility index (Phi) is 11.4. The van der Waals surface area contributed by atoms with Crippen LogP contribution in [0.15, 0.2) is 71.3 Å². The van der Waals surface area contributed by atoms with E-state index in [1.54, 1.807) is 12.0 Å². The molecule has 0 radical (unpaired) electrons. The van der Waals surface area contributed by atoms with E-state index in [1.165, 1.54) is 17.5 Å². The summed E-state index contributed by atoms with van der Waals surface area (Å²) in [5, 5.41) is 0. The molecule has 0 saturated heterocycles. The largest absolute Gasteiger partial charge is 0.385 e. The van der Waals surface area contributed by atoms with Gasteiger partial charge in [-0.3, -0.25) is 9.59 Å². The number of carbonyl (C=O) groups excluding carboxylic acids is 2. The lowest BCUT2D eigenvalue weighted by Crippen LogP contribution is -2.48. The van der Waals surface area contributed by atoms with Crippen molar-refractivity contribution < 1.29 is 14.3 Å². The van der Waals surface area contributed by atoms with E-state index in [1.807, 2.05) is 29.2 Å². The van der Waals surface area contributed by atoms with E-state index in [2.05, 4.69) is 83.9 Å². The summed E-state index contributed by atoms with van der Waals surface area (Å²) < 4.78 is 8.56. The van der Waals surface area contributed by atoms with Gasteiger partial charge in [0.15, 0.2) is 0 Å². The Balaban J connectivity index is 1.54. The molecule has 1 aliphatic carbocycles. The number of hydrogen-bond donors (Lipinski definition) is 0. The molecule has 42 heavy (non-hydrogen) atoms. The van der Waals surface area contributed by atoms with Crippen molar-refractivity contribution in [2.75, 3.05) is 26.8 Å². The summed E-state index contributed by atoms with van der Waals surface area (Å²) in [5.41, 5.74) is 4.10. The molecule has 0 aliphatic heterocycles. The second kappa shape index (κ2) is 15.0. The minimum atomic E-state index is -0.109. The number of amides is 2. The summed E-state index contributed by atoms with van der Waals surface area (Å²) in [6, 6.07) is 20.5. The predicted molar refractivity (Wildman–Crippen MR) is 173 cm³/mol. The third-order valence-corrected chi connectivity index (χ3v) is 8.77. The molecular formula is C35H46BrN3O3. The monoisotopic (exact) mass is 635 g/mol. The molecule has 2 aromatic carbocycles. The molecule has 3 aromatic rings. The SMILES string of the molecule is COCCCN(CC(=O)N(Cc1cccn1Cc1ccc(Br)cc1)C1CCCCC1)C(=O)c1ccc(C(C)(C)C)cc1. The summed E-state index contributed by atoms with van der Waals surface area (Å²) in [6.07, 6.45) is 8.24. The first-order valence-electron chi connectivity index (χ1n) is 15.2. The molecule has 1 aromatic heterocycles. The standard InChI is InChI=1S/C35H46BrN3O3/c1-35(2,3)29-17-15-28(16-18-29)34(41)38(22-9-23-42-4)26-33(40)39(31-10-6-5-7-11-31)25-32-12-8-21-37(32)24-27-13-19-30(36)20-14-27/h8,12-21,31H,5-7,9-11,22-26H2,1-4H3. The number of halogens is 1. The van der Waals surface area contributed by atoms with Crippen LogP contribution in [0.2, 0.25) is 0 Å². The number of aromatic nitrogens is 1. The van der Waals surface area contributed by atoms with Crippen molar-refractivity contribution in [3.63, 3.8) is 0 Å². The van der Waals surface area contributed by atoms with Gasteiger partial charge in [0.25, 0.3) is 5.91 Å². The maximum Gasteiger partial charge on any atom is 0.254 e. The molecular weight excluding hydrogens is 590 g/mol. The lowest BCUT2D eigenvalue weighted by atomic mass is 9.86. The third kappa shape index (κ3) is 8.81. The zero-order valence-electron chi connectivity index (χ0n) is 25.7. The molecule has 0 N–H and O–H groups in total. The Hall–Kier alpha value is -2.90. The lowest BCUT2D eigenvalue weighted by molar-refractivity contribution is -0.135. The first-order valence-corrected chi connectivity index (χ1v) is 16.0. The molecule has 1 saturated carbocycles. The van der Waals surface area contributed by atoms with Crippen LogP contribution in [0.1, 0.15) is 86.5 Å². The summed E-state index contributed by atoms with van der Waals surface area (Å²) in [5.74, 6) is -0.0995. The highest BCUT2D eigenvalue weighted by Crippen LogP contribution is 2.26. The molecule has 1 heterocycles. The van der Waals surface area contributed by atoms with Crippen LogP contribution in [0, 0.1) is 0 Å². The minimum Gasteiger partial charge on any atom is -0.385 e. The number of carbonyl (C=O) groups is 2. The van der Waals surface area contributed by atoms with Crippen molar-refractivity contribution in [3.05, 3.63) is 93.7 Å². The molecule has 1 aliphatic rings. The average molecular weight is 637 g/mol. The maximum absolute atomic E-state index is 14.1. The van der Waals surface area contributed by atoms with E-state index in [0.717, 1.165) is 42.4 Å². The number of benzene rings is 2. The highest BCUT2D eigenvalue weighted by atomic mass is 79.9. The number of hydrogen-bond acceptors (Lipinski definition) is 3. The van der Waals surface area contributed by atoms with Gasteiger partial charge in [0.2, 0.25) is 5.91 Å². The van der Waals surface area contributed by atoms with Gasteiger partial charge in [-0.25, -0.2) is 0 Å². The second-order valence-electron chi connectivity index (χ2n) is 12.5. The van der Waals surface area contributed by atoms with Gasteiger partial charge in [0.1, 0.15) is 6.54 Å². The van der Waals surface area contributed by atoms with E-state index >= 15 is 0 Å². The van der Waals surface area contributed by atoms with Crippen LogP contribution in [0.4, 0.5) is 0 Å². The zero-order chi connectivity index (χ0) is 30.1. The van der Waals surface area contributed by atoms with Gasteiger partial charge in [-0.1, -0.05) is 80.2 Å². The highest BCUT2D eigenvalue weighted by molar-refractivity contribution is 9.10. The minimum absolute atomic E-state index is 0.00517. The molecule has 2 amide bonds. The number of nitrogens with zero attached hydrogens (tertiary/aromatic N) is 3. The van der Waals surface area contributed by atoms with E-state index in [4.69, 9.17) is 4.74 Å². The molecule has 0 unspecified atom stereocenters. The number of ether oxygens (including phenoxy) is 1. The van der Waals surface area contributed by atoms with Crippen LogP contribution in [0.3, 0.4) is 0 Å². The van der Waals surface area contributed by atoms with Crippen LogP contribution in [0.25, 0.3) is 0 Å². The first kappa shape index (κ1) is 32.0. The number of rotatable bonds is 12. The Morgan fingerprint density at radius 2 is 1.67 bits per heavy atom. The summed E-state index contributed by atoms with van der Waals surface area (Å²) >= 11 is 3.52. The van der Waals surface area contributed by atoms with Crippen molar-refractivity contribution in [2.24, 2.45) is 0 Å². The fraction of sp³-hybridized carbons (Fsp3) is 0.486. The van der Waals surface area contributed by atoms with Gasteiger partial charge in [-0.15, -0.1) is 0 Å². The predicted octanol–water partition coefficient (Wildman–Crippen LogP) is 7.44. The van der Waals surface area contributed by atoms with Crippen molar-refractivity contribution in [1.29, 1.82) is 0 Å². The van der Waals surface area contributed by atoms with Gasteiger partial charge < -0.3 is 19.1 Å². The van der Waals surface area contributed by atoms with E-state index in [9.17, 15) is 9.59 Å². The first-order chi connectivity index (χ1) is 20.2. The molecule has 7 heteroatoms. The van der Waals surface area contributed by atoms with Crippen LogP contribution in [0.5, 0.6) is 0 Å². The summed E-state index contributed by atoms with van der Waals surface area (Å²) in [7, 11) is 1.66. The Bertz CT molecular complexity index is 1290. The molecule has 226 valence electrons.